The molecule has 1 aliphatic heterocycles. The molecular weight excluding hydrogens is 140 g/mol. The van der Waals surface area contributed by atoms with Crippen molar-refractivity contribution >= 4 is 0 Å². The van der Waals surface area contributed by atoms with Crippen LogP contribution in [0.1, 0.15) is 32.6 Å². The van der Waals surface area contributed by atoms with Crippen LogP contribution in [0.4, 0.5) is 0 Å². The highest BCUT2D eigenvalue weighted by atomic mass is 16.5. The summed E-state index contributed by atoms with van der Waals surface area (Å²) in [5.74, 6) is 0.790. The van der Waals surface area contributed by atoms with Crippen LogP contribution in [0.15, 0.2) is 11.8 Å². The monoisotopic (exact) mass is 156 g/mol. The molecule has 1 rings (SSSR count). The second-order valence-corrected chi connectivity index (χ2v) is 2.90. The van der Waals surface area contributed by atoms with Gasteiger partial charge in [0.05, 0.1) is 6.61 Å². The molecule has 0 aliphatic carbocycles. The molecule has 64 valence electrons. The van der Waals surface area contributed by atoms with E-state index in [2.05, 4.69) is 6.92 Å². The second kappa shape index (κ2) is 4.39. The molecule has 1 atom stereocenters. The van der Waals surface area contributed by atoms with Gasteiger partial charge in [0.1, 0.15) is 11.9 Å². The molecule has 0 fully saturated rings. The van der Waals surface area contributed by atoms with Gasteiger partial charge in [0.25, 0.3) is 0 Å². The molecule has 0 aromatic rings. The van der Waals surface area contributed by atoms with E-state index in [1.54, 1.807) is 0 Å². The van der Waals surface area contributed by atoms with Gasteiger partial charge in [-0.1, -0.05) is 19.8 Å². The Bertz CT molecular complexity index is 140. The van der Waals surface area contributed by atoms with Crippen LogP contribution in [0.5, 0.6) is 0 Å². The molecule has 0 bridgehead atoms. The first-order valence-electron chi connectivity index (χ1n) is 4.35. The van der Waals surface area contributed by atoms with Crippen LogP contribution < -0.4 is 0 Å². The van der Waals surface area contributed by atoms with Crippen LogP contribution in [0.25, 0.3) is 0 Å². The molecule has 0 saturated heterocycles. The van der Waals surface area contributed by atoms with Crippen molar-refractivity contribution in [1.82, 2.24) is 0 Å². The zero-order valence-electron chi connectivity index (χ0n) is 7.05. The van der Waals surface area contributed by atoms with Crippen LogP contribution in [-0.4, -0.2) is 17.8 Å². The summed E-state index contributed by atoms with van der Waals surface area (Å²) >= 11 is 0. The van der Waals surface area contributed by atoms with Crippen molar-refractivity contribution in [2.24, 2.45) is 0 Å². The first-order valence-corrected chi connectivity index (χ1v) is 4.35. The smallest absolute Gasteiger partial charge is 0.121 e. The first-order chi connectivity index (χ1) is 5.34. The van der Waals surface area contributed by atoms with Gasteiger partial charge in [0.2, 0.25) is 0 Å². The minimum Gasteiger partial charge on any atom is -0.495 e. The zero-order valence-corrected chi connectivity index (χ0v) is 7.05. The third-order valence-electron chi connectivity index (χ3n) is 1.89. The van der Waals surface area contributed by atoms with Crippen LogP contribution in [-0.2, 0) is 4.74 Å². The molecule has 0 saturated carbocycles. The Balaban J connectivity index is 2.23. The first kappa shape index (κ1) is 8.60. The molecule has 1 N–H and O–H groups in total. The standard InChI is InChI=1S/C9H16O2/c1-2-3-5-8(10)9-6-4-7-11-9/h6,8,10H,2-5,7H2,1H3. The zero-order chi connectivity index (χ0) is 8.10. The molecule has 0 aromatic heterocycles. The number of aliphatic hydroxyl groups excluding tert-OH is 1. The molecular formula is C9H16O2. The van der Waals surface area contributed by atoms with Gasteiger partial charge in [-0.3, -0.25) is 0 Å². The number of ether oxygens (including phenoxy) is 1. The molecule has 2 heteroatoms. The van der Waals surface area contributed by atoms with Gasteiger partial charge in [-0.2, -0.15) is 0 Å². The van der Waals surface area contributed by atoms with Crippen LogP contribution in [0, 0.1) is 0 Å². The van der Waals surface area contributed by atoms with Crippen molar-refractivity contribution in [3.63, 3.8) is 0 Å². The van der Waals surface area contributed by atoms with Crippen molar-refractivity contribution in [1.29, 1.82) is 0 Å². The van der Waals surface area contributed by atoms with E-state index < -0.39 is 0 Å². The number of hydrogen-bond donors (Lipinski definition) is 1. The van der Waals surface area contributed by atoms with E-state index in [0.717, 1.165) is 38.0 Å². The Labute approximate surface area is 67.9 Å². The minimum atomic E-state index is -0.350. The predicted molar refractivity (Wildman–Crippen MR) is 44.2 cm³/mol. The lowest BCUT2D eigenvalue weighted by atomic mass is 10.1. The Morgan fingerprint density at radius 1 is 1.73 bits per heavy atom. The maximum atomic E-state index is 9.49. The third kappa shape index (κ3) is 2.54. The maximum absolute atomic E-state index is 9.49. The Morgan fingerprint density at radius 2 is 2.55 bits per heavy atom. The quantitative estimate of drug-likeness (QED) is 0.673. The summed E-state index contributed by atoms with van der Waals surface area (Å²) < 4.78 is 5.22. The second-order valence-electron chi connectivity index (χ2n) is 2.90. The van der Waals surface area contributed by atoms with E-state index in [9.17, 15) is 5.11 Å². The Hall–Kier alpha value is -0.500. The largest absolute Gasteiger partial charge is 0.495 e. The van der Waals surface area contributed by atoms with Crippen molar-refractivity contribution in [3.05, 3.63) is 11.8 Å². The Morgan fingerprint density at radius 3 is 3.09 bits per heavy atom. The maximum Gasteiger partial charge on any atom is 0.121 e. The molecule has 2 nitrogen and oxygen atoms in total. The summed E-state index contributed by atoms with van der Waals surface area (Å²) in [6, 6.07) is 0. The number of hydrogen-bond acceptors (Lipinski definition) is 2. The summed E-state index contributed by atoms with van der Waals surface area (Å²) in [4.78, 5) is 0. The van der Waals surface area contributed by atoms with Gasteiger partial charge in [-0.15, -0.1) is 0 Å². The third-order valence-corrected chi connectivity index (χ3v) is 1.89. The van der Waals surface area contributed by atoms with Gasteiger partial charge < -0.3 is 9.84 Å². The lowest BCUT2D eigenvalue weighted by molar-refractivity contribution is 0.110. The average Bonchev–Trinajstić information content (AvgIpc) is 2.52. The SMILES string of the molecule is CCCCC(O)C1=CCCO1. The summed E-state index contributed by atoms with van der Waals surface area (Å²) in [5, 5.41) is 9.49. The highest BCUT2D eigenvalue weighted by molar-refractivity contribution is 5.03. The molecule has 1 heterocycles. The summed E-state index contributed by atoms with van der Waals surface area (Å²) in [7, 11) is 0. The van der Waals surface area contributed by atoms with Gasteiger partial charge in [0, 0.05) is 6.42 Å². The molecule has 0 amide bonds. The molecule has 1 aliphatic rings. The Kier molecular flexibility index (Phi) is 3.43. The van der Waals surface area contributed by atoms with Crippen molar-refractivity contribution in [2.45, 2.75) is 38.7 Å². The van der Waals surface area contributed by atoms with E-state index >= 15 is 0 Å². The van der Waals surface area contributed by atoms with E-state index in [4.69, 9.17) is 4.74 Å². The molecule has 1 unspecified atom stereocenters. The van der Waals surface area contributed by atoms with E-state index in [1.807, 2.05) is 6.08 Å². The van der Waals surface area contributed by atoms with Gasteiger partial charge >= 0.3 is 0 Å². The number of rotatable bonds is 4. The average molecular weight is 156 g/mol. The predicted octanol–water partition coefficient (Wildman–Crippen LogP) is 1.84. The fourth-order valence-electron chi connectivity index (χ4n) is 1.21. The summed E-state index contributed by atoms with van der Waals surface area (Å²) in [6.45, 7) is 2.87. The summed E-state index contributed by atoms with van der Waals surface area (Å²) in [6.07, 6.45) is 5.63. The molecule has 0 aromatic carbocycles. The lowest BCUT2D eigenvalue weighted by Gasteiger charge is -2.10. The van der Waals surface area contributed by atoms with Gasteiger partial charge in [-0.25, -0.2) is 0 Å². The highest BCUT2D eigenvalue weighted by Gasteiger charge is 2.14. The fraction of sp³-hybridized carbons (Fsp3) is 0.778. The molecule has 11 heavy (non-hydrogen) atoms. The van der Waals surface area contributed by atoms with Crippen molar-refractivity contribution in [3.8, 4) is 0 Å². The minimum absolute atomic E-state index is 0.350. The number of aliphatic hydroxyl groups is 1. The fourth-order valence-corrected chi connectivity index (χ4v) is 1.21. The summed E-state index contributed by atoms with van der Waals surface area (Å²) in [5.41, 5.74) is 0. The molecule has 0 radical (unpaired) electrons. The van der Waals surface area contributed by atoms with Crippen molar-refractivity contribution in [2.75, 3.05) is 6.61 Å². The molecule has 0 spiro atoms. The van der Waals surface area contributed by atoms with Crippen LogP contribution in [0.3, 0.4) is 0 Å². The van der Waals surface area contributed by atoms with E-state index in [0.29, 0.717) is 0 Å². The topological polar surface area (TPSA) is 29.5 Å². The van der Waals surface area contributed by atoms with E-state index in [-0.39, 0.29) is 6.10 Å². The van der Waals surface area contributed by atoms with Gasteiger partial charge in [-0.05, 0) is 12.5 Å². The number of unbranched alkanes of at least 4 members (excludes halogenated alkanes) is 1. The van der Waals surface area contributed by atoms with Crippen molar-refractivity contribution < 1.29 is 9.84 Å². The highest BCUT2D eigenvalue weighted by Crippen LogP contribution is 2.17. The van der Waals surface area contributed by atoms with Crippen LogP contribution >= 0.6 is 0 Å². The normalized spacial score (nSPS) is 19.3. The van der Waals surface area contributed by atoms with E-state index in [1.165, 1.54) is 0 Å². The van der Waals surface area contributed by atoms with Crippen LogP contribution in [0.2, 0.25) is 0 Å². The van der Waals surface area contributed by atoms with Gasteiger partial charge in [0.15, 0.2) is 0 Å². The lowest BCUT2D eigenvalue weighted by Crippen LogP contribution is -2.10.